The van der Waals surface area contributed by atoms with Gasteiger partial charge in [0.2, 0.25) is 15.9 Å². The molecule has 1 aromatic heterocycles. The molecule has 0 radical (unpaired) electrons. The minimum absolute atomic E-state index is 0.0474. The van der Waals surface area contributed by atoms with Gasteiger partial charge in [0.1, 0.15) is 5.76 Å². The minimum atomic E-state index is -3.81. The van der Waals surface area contributed by atoms with Crippen molar-refractivity contribution in [1.29, 1.82) is 0 Å². The fourth-order valence-corrected chi connectivity index (χ4v) is 5.57. The molecule has 1 aromatic carbocycles. The Morgan fingerprint density at radius 1 is 1.28 bits per heavy atom. The average molecular weight is 419 g/mol. The average Bonchev–Trinajstić information content (AvgIpc) is 3.42. The number of anilines is 1. The molecule has 0 bridgehead atoms. The van der Waals surface area contributed by atoms with Crippen LogP contribution in [0.5, 0.6) is 0 Å². The normalized spacial score (nSPS) is 21.2. The van der Waals surface area contributed by atoms with E-state index >= 15 is 0 Å². The van der Waals surface area contributed by atoms with Gasteiger partial charge in [-0.2, -0.15) is 4.31 Å². The zero-order valence-electron chi connectivity index (χ0n) is 16.9. The summed E-state index contributed by atoms with van der Waals surface area (Å²) in [4.78, 5) is 14.3. The molecule has 1 fully saturated rings. The van der Waals surface area contributed by atoms with Crippen molar-refractivity contribution in [3.8, 4) is 0 Å². The van der Waals surface area contributed by atoms with Gasteiger partial charge in [0.25, 0.3) is 0 Å². The van der Waals surface area contributed by atoms with Gasteiger partial charge in [0, 0.05) is 25.9 Å². The van der Waals surface area contributed by atoms with E-state index in [1.165, 1.54) is 10.6 Å². The first-order chi connectivity index (χ1) is 13.7. The van der Waals surface area contributed by atoms with E-state index in [9.17, 15) is 13.2 Å². The summed E-state index contributed by atoms with van der Waals surface area (Å²) >= 11 is 0. The van der Waals surface area contributed by atoms with Crippen molar-refractivity contribution in [3.05, 3.63) is 47.9 Å². The Hall–Kier alpha value is -2.16. The van der Waals surface area contributed by atoms with Crippen molar-refractivity contribution in [2.75, 3.05) is 25.1 Å². The van der Waals surface area contributed by atoms with Crippen LogP contribution in [0.25, 0.3) is 0 Å². The highest BCUT2D eigenvalue weighted by molar-refractivity contribution is 7.89. The molecule has 1 atom stereocenters. The molecule has 3 heterocycles. The van der Waals surface area contributed by atoms with Crippen molar-refractivity contribution < 1.29 is 22.4 Å². The third-order valence-corrected chi connectivity index (χ3v) is 7.63. The van der Waals surface area contributed by atoms with Crippen LogP contribution in [0, 0.1) is 0 Å². The molecule has 8 heteroatoms. The first-order valence-corrected chi connectivity index (χ1v) is 11.2. The topological polar surface area (TPSA) is 80.1 Å². The Morgan fingerprint density at radius 3 is 2.72 bits per heavy atom. The van der Waals surface area contributed by atoms with Crippen molar-refractivity contribution in [2.24, 2.45) is 0 Å². The van der Waals surface area contributed by atoms with Crippen LogP contribution >= 0.6 is 0 Å². The van der Waals surface area contributed by atoms with Crippen LogP contribution in [0.15, 0.2) is 45.9 Å². The number of amides is 1. The summed E-state index contributed by atoms with van der Waals surface area (Å²) in [6, 6.07) is 8.43. The van der Waals surface area contributed by atoms with Crippen LogP contribution in [0.4, 0.5) is 5.69 Å². The van der Waals surface area contributed by atoms with E-state index in [1.54, 1.807) is 42.3 Å². The Bertz CT molecular complexity index is 1010. The molecule has 1 amide bonds. The second-order valence-corrected chi connectivity index (χ2v) is 10.1. The Kier molecular flexibility index (Phi) is 5.04. The van der Waals surface area contributed by atoms with Crippen molar-refractivity contribution in [2.45, 2.75) is 49.6 Å². The SMILES string of the molecule is CN1C(=O)C(C)(C)c2cc(S(=O)(=O)N(Cc3ccco3)C[C@@H]3CCCO3)ccc21. The first kappa shape index (κ1) is 20.1. The number of hydrogen-bond acceptors (Lipinski definition) is 5. The molecule has 0 N–H and O–H groups in total. The largest absolute Gasteiger partial charge is 0.468 e. The lowest BCUT2D eigenvalue weighted by molar-refractivity contribution is -0.121. The van der Waals surface area contributed by atoms with E-state index in [0.717, 1.165) is 24.1 Å². The highest BCUT2D eigenvalue weighted by Crippen LogP contribution is 2.42. The highest BCUT2D eigenvalue weighted by atomic mass is 32.2. The van der Waals surface area contributed by atoms with Gasteiger partial charge in [-0.05, 0) is 62.6 Å². The predicted molar refractivity (Wildman–Crippen MR) is 108 cm³/mol. The van der Waals surface area contributed by atoms with Gasteiger partial charge in [-0.1, -0.05) is 0 Å². The summed E-state index contributed by atoms with van der Waals surface area (Å²) in [5, 5.41) is 0. The molecule has 2 aliphatic rings. The number of fused-ring (bicyclic) bond motifs is 1. The summed E-state index contributed by atoms with van der Waals surface area (Å²) in [5.74, 6) is 0.525. The van der Waals surface area contributed by atoms with Crippen LogP contribution in [0.1, 0.15) is 38.0 Å². The standard InChI is InChI=1S/C21H26N2O5S/c1-21(2)18-12-17(8-9-19(18)22(3)20(21)24)29(25,26)23(13-15-6-4-10-27-15)14-16-7-5-11-28-16/h4,6,8-10,12,16H,5,7,11,13-14H2,1-3H3/t16-/m0/s1. The fraction of sp³-hybridized carbons (Fsp3) is 0.476. The summed E-state index contributed by atoms with van der Waals surface area (Å²) in [6.45, 7) is 4.69. The van der Waals surface area contributed by atoms with Crippen LogP contribution in [0.3, 0.4) is 0 Å². The maximum atomic E-state index is 13.6. The lowest BCUT2D eigenvalue weighted by Gasteiger charge is -2.25. The van der Waals surface area contributed by atoms with Gasteiger partial charge in [0.15, 0.2) is 0 Å². The molecule has 0 unspecified atom stereocenters. The first-order valence-electron chi connectivity index (χ1n) is 9.78. The molecule has 7 nitrogen and oxygen atoms in total. The van der Waals surface area contributed by atoms with E-state index in [4.69, 9.17) is 9.15 Å². The molecule has 156 valence electrons. The Morgan fingerprint density at radius 2 is 2.07 bits per heavy atom. The maximum absolute atomic E-state index is 13.6. The second-order valence-electron chi connectivity index (χ2n) is 8.18. The number of carbonyl (C=O) groups is 1. The van der Waals surface area contributed by atoms with Crippen molar-refractivity contribution in [3.63, 3.8) is 0 Å². The van der Waals surface area contributed by atoms with Gasteiger partial charge < -0.3 is 14.1 Å². The third kappa shape index (κ3) is 3.49. The van der Waals surface area contributed by atoms with Crippen molar-refractivity contribution in [1.82, 2.24) is 4.31 Å². The lowest BCUT2D eigenvalue weighted by atomic mass is 9.86. The number of benzene rings is 1. The van der Waals surface area contributed by atoms with E-state index in [0.29, 0.717) is 12.4 Å². The Labute approximate surface area is 171 Å². The zero-order valence-corrected chi connectivity index (χ0v) is 17.7. The smallest absolute Gasteiger partial charge is 0.243 e. The van der Waals surface area contributed by atoms with Crippen LogP contribution in [-0.2, 0) is 31.5 Å². The molecule has 0 spiro atoms. The number of ether oxygens (including phenoxy) is 1. The summed E-state index contributed by atoms with van der Waals surface area (Å²) in [7, 11) is -2.09. The fourth-order valence-electron chi connectivity index (χ4n) is 4.10. The number of furan rings is 1. The quantitative estimate of drug-likeness (QED) is 0.721. The maximum Gasteiger partial charge on any atom is 0.243 e. The number of hydrogen-bond donors (Lipinski definition) is 0. The lowest BCUT2D eigenvalue weighted by Crippen LogP contribution is -2.37. The van der Waals surface area contributed by atoms with Crippen molar-refractivity contribution >= 4 is 21.6 Å². The molecule has 0 aliphatic carbocycles. The molecule has 0 saturated carbocycles. The summed E-state index contributed by atoms with van der Waals surface area (Å²) < 4.78 is 39.6. The number of sulfonamides is 1. The minimum Gasteiger partial charge on any atom is -0.468 e. The third-order valence-electron chi connectivity index (χ3n) is 5.82. The summed E-state index contributed by atoms with van der Waals surface area (Å²) in [5.41, 5.74) is 0.701. The van der Waals surface area contributed by atoms with Gasteiger partial charge >= 0.3 is 0 Å². The van der Waals surface area contributed by atoms with Crippen LogP contribution < -0.4 is 4.90 Å². The van der Waals surface area contributed by atoms with Gasteiger partial charge in [-0.3, -0.25) is 4.79 Å². The van der Waals surface area contributed by atoms with E-state index in [1.807, 2.05) is 13.8 Å². The molecule has 2 aliphatic heterocycles. The number of nitrogens with zero attached hydrogens (tertiary/aromatic N) is 2. The van der Waals surface area contributed by atoms with E-state index < -0.39 is 15.4 Å². The zero-order chi connectivity index (χ0) is 20.8. The van der Waals surface area contributed by atoms with Crippen LogP contribution in [0.2, 0.25) is 0 Å². The van der Waals surface area contributed by atoms with Crippen LogP contribution in [-0.4, -0.2) is 44.9 Å². The van der Waals surface area contributed by atoms with Gasteiger partial charge in [-0.25, -0.2) is 8.42 Å². The van der Waals surface area contributed by atoms with Gasteiger partial charge in [-0.15, -0.1) is 0 Å². The Balaban J connectivity index is 1.71. The van der Waals surface area contributed by atoms with E-state index in [2.05, 4.69) is 0 Å². The van der Waals surface area contributed by atoms with E-state index in [-0.39, 0.29) is 30.0 Å². The monoisotopic (exact) mass is 418 g/mol. The number of rotatable bonds is 6. The second kappa shape index (κ2) is 7.27. The molecule has 4 rings (SSSR count). The molecule has 1 saturated heterocycles. The number of carbonyl (C=O) groups excluding carboxylic acids is 1. The number of likely N-dealkylation sites (N-methyl/N-ethyl adjacent to an activating group) is 1. The van der Waals surface area contributed by atoms with Gasteiger partial charge in [0.05, 0.1) is 29.2 Å². The molecule has 2 aromatic rings. The predicted octanol–water partition coefficient (Wildman–Crippen LogP) is 2.90. The summed E-state index contributed by atoms with van der Waals surface area (Å²) in [6.07, 6.45) is 3.17. The molecular weight excluding hydrogens is 392 g/mol. The highest BCUT2D eigenvalue weighted by Gasteiger charge is 2.43. The molecule has 29 heavy (non-hydrogen) atoms. The molecular formula is C21H26N2O5S.